The number of nitrogens with zero attached hydrogens (tertiary/aromatic N) is 2. The maximum atomic E-state index is 12.2. The number of halogens is 1. The van der Waals surface area contributed by atoms with Gasteiger partial charge in [0.05, 0.1) is 5.39 Å². The fraction of sp³-hybridized carbons (Fsp3) is 0.462. The average Bonchev–Trinajstić information content (AvgIpc) is 2.65. The van der Waals surface area contributed by atoms with Crippen molar-refractivity contribution < 1.29 is 13.9 Å². The predicted molar refractivity (Wildman–Crippen MR) is 73.9 cm³/mol. The third kappa shape index (κ3) is 3.01. The molecule has 2 heterocycles. The van der Waals surface area contributed by atoms with Crippen molar-refractivity contribution in [2.75, 3.05) is 0 Å². The van der Waals surface area contributed by atoms with E-state index in [1.165, 1.54) is 0 Å². The highest BCUT2D eigenvalue weighted by Crippen LogP contribution is 2.21. The molecule has 0 amide bonds. The molecule has 0 N–H and O–H groups in total. The number of esters is 1. The van der Waals surface area contributed by atoms with E-state index in [4.69, 9.17) is 20.8 Å². The number of fused-ring (bicyclic) bond motifs is 1. The fourth-order valence-corrected chi connectivity index (χ4v) is 2.00. The largest absolute Gasteiger partial charge is 0.459 e. The van der Waals surface area contributed by atoms with Gasteiger partial charge in [-0.05, 0) is 33.8 Å². The predicted octanol–water partition coefficient (Wildman–Crippen LogP) is 2.29. The number of hydrogen-bond acceptors (Lipinski definition) is 5. The molecule has 2 rings (SSSR count). The van der Waals surface area contributed by atoms with Gasteiger partial charge in [-0.25, -0.2) is 4.68 Å². The lowest BCUT2D eigenvalue weighted by molar-refractivity contribution is -0.155. The zero-order valence-electron chi connectivity index (χ0n) is 11.7. The van der Waals surface area contributed by atoms with Gasteiger partial charge in [-0.2, -0.15) is 5.10 Å². The molecular formula is C13H15ClN2O4. The third-order valence-electron chi connectivity index (χ3n) is 2.41. The van der Waals surface area contributed by atoms with Gasteiger partial charge in [-0.1, -0.05) is 11.6 Å². The summed E-state index contributed by atoms with van der Waals surface area (Å²) in [5.41, 5.74) is -0.831. The van der Waals surface area contributed by atoms with Gasteiger partial charge in [0.2, 0.25) is 0 Å². The number of aromatic nitrogens is 2. The number of carbonyl (C=O) groups is 1. The summed E-state index contributed by atoms with van der Waals surface area (Å²) in [6, 6.07) is 1.57. The molecule has 7 heteroatoms. The van der Waals surface area contributed by atoms with Crippen LogP contribution in [0.1, 0.15) is 26.5 Å². The van der Waals surface area contributed by atoms with Crippen molar-refractivity contribution in [1.82, 2.24) is 9.78 Å². The Hall–Kier alpha value is -1.82. The number of rotatable bonds is 2. The Morgan fingerprint density at radius 3 is 2.75 bits per heavy atom. The van der Waals surface area contributed by atoms with Crippen molar-refractivity contribution in [3.63, 3.8) is 0 Å². The first-order valence-corrected chi connectivity index (χ1v) is 6.44. The van der Waals surface area contributed by atoms with Gasteiger partial charge in [0.25, 0.3) is 5.56 Å². The molecular weight excluding hydrogens is 284 g/mol. The van der Waals surface area contributed by atoms with E-state index in [1.807, 2.05) is 0 Å². The van der Waals surface area contributed by atoms with Gasteiger partial charge in [0.15, 0.2) is 10.7 Å². The van der Waals surface area contributed by atoms with Crippen LogP contribution in [-0.4, -0.2) is 21.4 Å². The van der Waals surface area contributed by atoms with Crippen LogP contribution in [0.4, 0.5) is 0 Å². The Morgan fingerprint density at radius 2 is 2.15 bits per heavy atom. The third-order valence-corrected chi connectivity index (χ3v) is 2.66. The summed E-state index contributed by atoms with van der Waals surface area (Å²) >= 11 is 5.95. The zero-order valence-corrected chi connectivity index (χ0v) is 12.4. The molecule has 0 unspecified atom stereocenters. The van der Waals surface area contributed by atoms with Crippen LogP contribution < -0.4 is 5.56 Å². The molecule has 0 saturated carbocycles. The minimum atomic E-state index is -0.624. The molecule has 0 spiro atoms. The molecule has 0 aliphatic rings. The topological polar surface area (TPSA) is 74.3 Å². The molecule has 0 atom stereocenters. The van der Waals surface area contributed by atoms with E-state index in [-0.39, 0.29) is 17.3 Å². The highest BCUT2D eigenvalue weighted by Gasteiger charge is 2.19. The highest BCUT2D eigenvalue weighted by molar-refractivity contribution is 6.33. The number of carbonyl (C=O) groups excluding carboxylic acids is 1. The minimum Gasteiger partial charge on any atom is -0.459 e. The monoisotopic (exact) mass is 298 g/mol. The summed E-state index contributed by atoms with van der Waals surface area (Å²) in [6.07, 6.45) is 0. The van der Waals surface area contributed by atoms with Crippen LogP contribution in [0.3, 0.4) is 0 Å². The first-order chi connectivity index (χ1) is 9.17. The van der Waals surface area contributed by atoms with Gasteiger partial charge in [0, 0.05) is 0 Å². The van der Waals surface area contributed by atoms with Crippen LogP contribution in [0.25, 0.3) is 11.0 Å². The Bertz CT molecular complexity index is 724. The molecule has 6 nitrogen and oxygen atoms in total. The second kappa shape index (κ2) is 4.94. The summed E-state index contributed by atoms with van der Waals surface area (Å²) in [5, 5.41) is 4.19. The van der Waals surface area contributed by atoms with Crippen LogP contribution >= 0.6 is 11.6 Å². The summed E-state index contributed by atoms with van der Waals surface area (Å²) in [5.74, 6) is -0.00134. The second-order valence-electron chi connectivity index (χ2n) is 5.44. The first kappa shape index (κ1) is 14.6. The van der Waals surface area contributed by atoms with Crippen molar-refractivity contribution in [2.24, 2.45) is 0 Å². The number of aryl methyl sites for hydroxylation is 1. The lowest BCUT2D eigenvalue weighted by Crippen LogP contribution is -2.31. The van der Waals surface area contributed by atoms with Gasteiger partial charge < -0.3 is 9.15 Å². The van der Waals surface area contributed by atoms with Crippen molar-refractivity contribution in [3.05, 3.63) is 27.3 Å². The molecule has 0 saturated heterocycles. The maximum absolute atomic E-state index is 12.2. The first-order valence-electron chi connectivity index (χ1n) is 6.06. The van der Waals surface area contributed by atoms with E-state index < -0.39 is 17.1 Å². The lowest BCUT2D eigenvalue weighted by Gasteiger charge is -2.19. The molecule has 0 aliphatic heterocycles. The van der Waals surface area contributed by atoms with Crippen LogP contribution in [-0.2, 0) is 16.1 Å². The molecule has 2 aromatic heterocycles. The standard InChI is InChI=1S/C13H15ClN2O4/c1-7-5-8-10(19-7)11(14)15-16(12(8)18)6-9(17)20-13(2,3)4/h5H,6H2,1-4H3. The normalized spacial score (nSPS) is 11.8. The quantitative estimate of drug-likeness (QED) is 0.795. The van der Waals surface area contributed by atoms with Crippen molar-refractivity contribution in [2.45, 2.75) is 39.8 Å². The van der Waals surface area contributed by atoms with Gasteiger partial charge in [-0.15, -0.1) is 0 Å². The second-order valence-corrected chi connectivity index (χ2v) is 5.80. The lowest BCUT2D eigenvalue weighted by atomic mass is 10.2. The van der Waals surface area contributed by atoms with Crippen LogP contribution in [0, 0.1) is 6.92 Å². The van der Waals surface area contributed by atoms with Crippen LogP contribution in [0.5, 0.6) is 0 Å². The SMILES string of the molecule is Cc1cc2c(=O)n(CC(=O)OC(C)(C)C)nc(Cl)c2o1. The smallest absolute Gasteiger partial charge is 0.328 e. The molecule has 20 heavy (non-hydrogen) atoms. The van der Waals surface area contributed by atoms with Crippen molar-refractivity contribution in [3.8, 4) is 0 Å². The average molecular weight is 299 g/mol. The minimum absolute atomic E-state index is 0.0382. The highest BCUT2D eigenvalue weighted by atomic mass is 35.5. The fourth-order valence-electron chi connectivity index (χ4n) is 1.77. The summed E-state index contributed by atoms with van der Waals surface area (Å²) in [4.78, 5) is 23.9. The molecule has 0 aliphatic carbocycles. The van der Waals surface area contributed by atoms with E-state index in [9.17, 15) is 9.59 Å². The zero-order chi connectivity index (χ0) is 15.1. The number of furan rings is 1. The van der Waals surface area contributed by atoms with Crippen LogP contribution in [0.15, 0.2) is 15.3 Å². The van der Waals surface area contributed by atoms with E-state index in [0.29, 0.717) is 11.1 Å². The van der Waals surface area contributed by atoms with Crippen molar-refractivity contribution >= 4 is 28.5 Å². The number of hydrogen-bond donors (Lipinski definition) is 0. The Labute approximate surface area is 120 Å². The Kier molecular flexibility index (Phi) is 3.60. The van der Waals surface area contributed by atoms with Gasteiger partial charge in [-0.3, -0.25) is 9.59 Å². The van der Waals surface area contributed by atoms with Gasteiger partial charge >= 0.3 is 5.97 Å². The van der Waals surface area contributed by atoms with E-state index >= 15 is 0 Å². The number of ether oxygens (including phenoxy) is 1. The van der Waals surface area contributed by atoms with E-state index in [1.54, 1.807) is 33.8 Å². The molecule has 0 radical (unpaired) electrons. The Balaban J connectivity index is 2.38. The molecule has 0 bridgehead atoms. The van der Waals surface area contributed by atoms with Crippen LogP contribution in [0.2, 0.25) is 5.15 Å². The molecule has 2 aromatic rings. The van der Waals surface area contributed by atoms with Crippen molar-refractivity contribution in [1.29, 1.82) is 0 Å². The summed E-state index contributed by atoms with van der Waals surface area (Å²) in [7, 11) is 0. The van der Waals surface area contributed by atoms with Gasteiger partial charge in [0.1, 0.15) is 17.9 Å². The maximum Gasteiger partial charge on any atom is 0.328 e. The Morgan fingerprint density at radius 1 is 1.50 bits per heavy atom. The molecule has 108 valence electrons. The molecule has 0 aromatic carbocycles. The summed E-state index contributed by atoms with van der Waals surface area (Å²) < 4.78 is 11.4. The summed E-state index contributed by atoms with van der Waals surface area (Å²) in [6.45, 7) is 6.65. The van der Waals surface area contributed by atoms with E-state index in [0.717, 1.165) is 4.68 Å². The van der Waals surface area contributed by atoms with E-state index in [2.05, 4.69) is 5.10 Å². The molecule has 0 fully saturated rings.